The van der Waals surface area contributed by atoms with E-state index in [1.165, 1.54) is 35.9 Å². The van der Waals surface area contributed by atoms with Crippen molar-refractivity contribution in [3.8, 4) is 23.1 Å². The van der Waals surface area contributed by atoms with E-state index in [2.05, 4.69) is 14.5 Å². The van der Waals surface area contributed by atoms with Crippen molar-refractivity contribution < 1.29 is 14.3 Å². The lowest BCUT2D eigenvalue weighted by Gasteiger charge is -2.29. The molecule has 1 aliphatic rings. The first-order valence-corrected chi connectivity index (χ1v) is 12.6. The smallest absolute Gasteiger partial charge is 0.319 e. The number of rotatable bonds is 6. The van der Waals surface area contributed by atoms with Gasteiger partial charge in [-0.25, -0.2) is 4.98 Å². The molecular weight excluding hydrogens is 529 g/mol. The third-order valence-electron chi connectivity index (χ3n) is 6.52. The summed E-state index contributed by atoms with van der Waals surface area (Å²) in [6, 6.07) is 10.0. The Morgan fingerprint density at radius 1 is 0.974 bits per heavy atom. The quantitative estimate of drug-likeness (QED) is 0.321. The van der Waals surface area contributed by atoms with Gasteiger partial charge in [0.1, 0.15) is 11.7 Å². The number of carbonyl (C=O) groups is 1. The van der Waals surface area contributed by atoms with Crippen LogP contribution in [0.1, 0.15) is 47.5 Å². The molecule has 4 aromatic rings. The lowest BCUT2D eigenvalue weighted by atomic mass is 10.0. The molecule has 1 aromatic carbocycles. The van der Waals surface area contributed by atoms with E-state index in [4.69, 9.17) is 32.7 Å². The number of fused-ring (bicyclic) bond motifs is 1. The predicted octanol–water partition coefficient (Wildman–Crippen LogP) is 5.30. The van der Waals surface area contributed by atoms with Crippen LogP contribution in [-0.2, 0) is 7.05 Å². The summed E-state index contributed by atoms with van der Waals surface area (Å²) in [6.45, 7) is 4.04. The zero-order valence-electron chi connectivity index (χ0n) is 21.4. The Morgan fingerprint density at radius 3 is 2.32 bits per heavy atom. The fraction of sp³-hybridized carbons (Fsp3) is 0.259. The monoisotopic (exact) mass is 553 g/mol. The van der Waals surface area contributed by atoms with Gasteiger partial charge in [-0.2, -0.15) is 4.98 Å². The zero-order valence-corrected chi connectivity index (χ0v) is 22.9. The van der Waals surface area contributed by atoms with Crippen LogP contribution in [0.15, 0.2) is 53.6 Å². The third-order valence-corrected chi connectivity index (χ3v) is 6.98. The van der Waals surface area contributed by atoms with Gasteiger partial charge in [-0.15, -0.1) is 0 Å². The maximum Gasteiger partial charge on any atom is 0.319 e. The molecule has 0 radical (unpaired) electrons. The number of carbonyl (C=O) groups excluding carboxylic acids is 1. The normalized spacial score (nSPS) is 14.8. The number of hydrogen-bond donors (Lipinski definition) is 0. The Balaban J connectivity index is 1.81. The van der Waals surface area contributed by atoms with Gasteiger partial charge in [-0.1, -0.05) is 35.3 Å². The van der Waals surface area contributed by atoms with E-state index >= 15 is 0 Å². The Kier molecular flexibility index (Phi) is 6.66. The second kappa shape index (κ2) is 9.81. The molecule has 4 heterocycles. The van der Waals surface area contributed by atoms with Gasteiger partial charge in [0.25, 0.3) is 11.5 Å². The summed E-state index contributed by atoms with van der Waals surface area (Å²) in [5, 5.41) is 0.900. The molecule has 0 bridgehead atoms. The molecule has 0 saturated heterocycles. The molecule has 0 N–H and O–H groups in total. The molecule has 3 aromatic heterocycles. The van der Waals surface area contributed by atoms with Crippen molar-refractivity contribution in [3.05, 3.63) is 86.0 Å². The van der Waals surface area contributed by atoms with Crippen LogP contribution in [0.3, 0.4) is 0 Å². The molecule has 1 unspecified atom stereocenters. The number of pyridine rings is 1. The molecule has 1 atom stereocenters. The van der Waals surface area contributed by atoms with Gasteiger partial charge in [0.05, 0.1) is 41.8 Å². The van der Waals surface area contributed by atoms with Crippen molar-refractivity contribution in [1.29, 1.82) is 0 Å². The SMILES string of the molecule is COc1ncc(-c2cc3c(n2C(C)C)C(c2ccc(Cl)cc2)N(c2cc(Cl)cn(C)c2=O)C3=O)c(OC)n1. The van der Waals surface area contributed by atoms with Gasteiger partial charge < -0.3 is 18.6 Å². The average Bonchev–Trinajstić information content (AvgIpc) is 3.41. The summed E-state index contributed by atoms with van der Waals surface area (Å²) in [4.78, 5) is 37.5. The third kappa shape index (κ3) is 4.12. The predicted molar refractivity (Wildman–Crippen MR) is 146 cm³/mol. The van der Waals surface area contributed by atoms with Gasteiger partial charge in [0.2, 0.25) is 5.88 Å². The van der Waals surface area contributed by atoms with E-state index in [1.54, 1.807) is 31.4 Å². The average molecular weight is 554 g/mol. The van der Waals surface area contributed by atoms with Gasteiger partial charge in [-0.3, -0.25) is 14.5 Å². The highest BCUT2D eigenvalue weighted by molar-refractivity contribution is 6.31. The lowest BCUT2D eigenvalue weighted by Crippen LogP contribution is -2.35. The van der Waals surface area contributed by atoms with E-state index in [9.17, 15) is 9.59 Å². The number of ether oxygens (including phenoxy) is 2. The summed E-state index contributed by atoms with van der Waals surface area (Å²) in [7, 11) is 4.59. The number of amides is 1. The first-order valence-electron chi connectivity index (χ1n) is 11.8. The summed E-state index contributed by atoms with van der Waals surface area (Å²) >= 11 is 12.5. The number of halogens is 2. The standard InChI is InChI=1S/C27H25Cl2N5O4/c1-14(2)33-20(19-12-30-27(38-5)31-24(19)37-4)11-18-23(33)22(15-6-8-16(28)9-7-15)34(25(18)35)21-10-17(29)13-32(3)26(21)36/h6-14,22H,1-5H3. The minimum atomic E-state index is -0.623. The molecule has 1 amide bonds. The van der Waals surface area contributed by atoms with Gasteiger partial charge in [-0.05, 0) is 43.7 Å². The topological polar surface area (TPSA) is 91.5 Å². The molecule has 0 fully saturated rings. The Hall–Kier alpha value is -3.82. The fourth-order valence-electron chi connectivity index (χ4n) is 4.93. The van der Waals surface area contributed by atoms with Crippen LogP contribution in [0.2, 0.25) is 10.0 Å². The maximum atomic E-state index is 14.1. The van der Waals surface area contributed by atoms with Crippen LogP contribution in [0.25, 0.3) is 11.3 Å². The minimum Gasteiger partial charge on any atom is -0.480 e. The molecule has 11 heteroatoms. The molecule has 196 valence electrons. The highest BCUT2D eigenvalue weighted by atomic mass is 35.5. The van der Waals surface area contributed by atoms with Crippen LogP contribution in [0, 0.1) is 0 Å². The Morgan fingerprint density at radius 2 is 1.68 bits per heavy atom. The molecule has 38 heavy (non-hydrogen) atoms. The van der Waals surface area contributed by atoms with Crippen molar-refractivity contribution in [2.75, 3.05) is 19.1 Å². The van der Waals surface area contributed by atoms with Gasteiger partial charge in [0.15, 0.2) is 0 Å². The molecular formula is C27H25Cl2N5O4. The highest BCUT2D eigenvalue weighted by Gasteiger charge is 2.44. The van der Waals surface area contributed by atoms with E-state index in [1.807, 2.05) is 26.0 Å². The van der Waals surface area contributed by atoms with Crippen molar-refractivity contribution >= 4 is 34.8 Å². The van der Waals surface area contributed by atoms with Crippen molar-refractivity contribution in [2.45, 2.75) is 25.9 Å². The number of anilines is 1. The number of methoxy groups -OCH3 is 2. The Bertz CT molecular complexity index is 1610. The fourth-order valence-corrected chi connectivity index (χ4v) is 5.31. The number of nitrogens with zero attached hydrogens (tertiary/aromatic N) is 5. The number of hydrogen-bond acceptors (Lipinski definition) is 6. The van der Waals surface area contributed by atoms with E-state index < -0.39 is 6.04 Å². The highest BCUT2D eigenvalue weighted by Crippen LogP contribution is 2.46. The van der Waals surface area contributed by atoms with Crippen LogP contribution in [0.4, 0.5) is 5.69 Å². The second-order valence-corrected chi connectivity index (χ2v) is 10.0. The molecule has 0 aliphatic carbocycles. The van der Waals surface area contributed by atoms with Gasteiger partial charge in [0, 0.05) is 30.5 Å². The van der Waals surface area contributed by atoms with E-state index in [-0.39, 0.29) is 29.2 Å². The maximum absolute atomic E-state index is 14.1. The first kappa shape index (κ1) is 25.8. The number of aromatic nitrogens is 4. The van der Waals surface area contributed by atoms with Crippen LogP contribution in [0.5, 0.6) is 11.9 Å². The lowest BCUT2D eigenvalue weighted by molar-refractivity contribution is 0.0993. The van der Waals surface area contributed by atoms with Gasteiger partial charge >= 0.3 is 6.01 Å². The van der Waals surface area contributed by atoms with E-state index in [0.29, 0.717) is 32.7 Å². The minimum absolute atomic E-state index is 0.0784. The van der Waals surface area contributed by atoms with E-state index in [0.717, 1.165) is 11.3 Å². The summed E-state index contributed by atoms with van der Waals surface area (Å²) in [5.74, 6) is -0.0145. The van der Waals surface area contributed by atoms with Crippen molar-refractivity contribution in [2.24, 2.45) is 7.05 Å². The summed E-state index contributed by atoms with van der Waals surface area (Å²) in [6.07, 6.45) is 3.13. The largest absolute Gasteiger partial charge is 0.480 e. The molecule has 1 aliphatic heterocycles. The molecule has 0 saturated carbocycles. The van der Waals surface area contributed by atoms with Crippen LogP contribution < -0.4 is 19.9 Å². The van der Waals surface area contributed by atoms with Crippen LogP contribution in [-0.4, -0.2) is 39.2 Å². The van der Waals surface area contributed by atoms with Crippen molar-refractivity contribution in [3.63, 3.8) is 0 Å². The zero-order chi connectivity index (χ0) is 27.3. The summed E-state index contributed by atoms with van der Waals surface area (Å²) < 4.78 is 14.1. The second-order valence-electron chi connectivity index (χ2n) is 9.16. The van der Waals surface area contributed by atoms with Crippen LogP contribution >= 0.6 is 23.2 Å². The molecule has 5 rings (SSSR count). The first-order chi connectivity index (χ1) is 18.2. The number of benzene rings is 1. The molecule has 0 spiro atoms. The number of aryl methyl sites for hydroxylation is 1. The summed E-state index contributed by atoms with van der Waals surface area (Å²) in [5.41, 5.74) is 3.11. The Labute approximate surface area is 229 Å². The molecule has 9 nitrogen and oxygen atoms in total. The van der Waals surface area contributed by atoms with Crippen molar-refractivity contribution in [1.82, 2.24) is 19.1 Å².